The standard InChI is InChI=1S/C18H17N3O5S/c19-5-8-26-14-4-2-1-3-13(14)11-15-17(23)21(18(24)27-15)12-16(22)20-6-9-25-10-7-20/h1-4,11H,6-10,12H2/b15-11-. The van der Waals surface area contributed by atoms with Crippen molar-refractivity contribution in [2.45, 2.75) is 0 Å². The Hall–Kier alpha value is -2.83. The molecule has 3 rings (SSSR count). The van der Waals surface area contributed by atoms with E-state index in [1.54, 1.807) is 29.2 Å². The van der Waals surface area contributed by atoms with Gasteiger partial charge in [0, 0.05) is 18.7 Å². The molecule has 2 aliphatic heterocycles. The van der Waals surface area contributed by atoms with Crippen molar-refractivity contribution in [3.63, 3.8) is 0 Å². The van der Waals surface area contributed by atoms with Crippen molar-refractivity contribution in [1.82, 2.24) is 9.80 Å². The molecule has 0 aromatic heterocycles. The Balaban J connectivity index is 1.73. The molecule has 27 heavy (non-hydrogen) atoms. The van der Waals surface area contributed by atoms with Gasteiger partial charge in [-0.25, -0.2) is 0 Å². The summed E-state index contributed by atoms with van der Waals surface area (Å²) in [7, 11) is 0. The van der Waals surface area contributed by atoms with Gasteiger partial charge in [-0.15, -0.1) is 0 Å². The number of carbonyl (C=O) groups excluding carboxylic acids is 3. The summed E-state index contributed by atoms with van der Waals surface area (Å²) in [6.07, 6.45) is 1.54. The van der Waals surface area contributed by atoms with Crippen LogP contribution in [0.3, 0.4) is 0 Å². The number of nitriles is 1. The fourth-order valence-electron chi connectivity index (χ4n) is 2.67. The minimum absolute atomic E-state index is 0.125. The zero-order valence-electron chi connectivity index (χ0n) is 14.4. The molecule has 8 nitrogen and oxygen atoms in total. The number of carbonyl (C=O) groups is 3. The van der Waals surface area contributed by atoms with Gasteiger partial charge in [0.25, 0.3) is 11.1 Å². The minimum atomic E-state index is -0.512. The molecule has 0 unspecified atom stereocenters. The second-order valence-electron chi connectivity index (χ2n) is 5.75. The van der Waals surface area contributed by atoms with Gasteiger partial charge in [-0.1, -0.05) is 18.2 Å². The van der Waals surface area contributed by atoms with Crippen LogP contribution in [0.1, 0.15) is 5.56 Å². The maximum absolute atomic E-state index is 12.6. The number of benzene rings is 1. The molecule has 0 atom stereocenters. The van der Waals surface area contributed by atoms with Crippen LogP contribution in [-0.4, -0.2) is 66.3 Å². The van der Waals surface area contributed by atoms with Crippen molar-refractivity contribution in [3.8, 4) is 11.8 Å². The SMILES string of the molecule is N#CCOc1ccccc1/C=C1\SC(=O)N(CC(=O)N2CCOCC2)C1=O. The zero-order valence-corrected chi connectivity index (χ0v) is 15.2. The lowest BCUT2D eigenvalue weighted by molar-refractivity contribution is -0.139. The van der Waals surface area contributed by atoms with Crippen LogP contribution >= 0.6 is 11.8 Å². The molecule has 1 aromatic carbocycles. The predicted octanol–water partition coefficient (Wildman–Crippen LogP) is 1.48. The number of thioether (sulfide) groups is 1. The molecule has 0 radical (unpaired) electrons. The van der Waals surface area contributed by atoms with Crippen molar-refractivity contribution in [2.24, 2.45) is 0 Å². The summed E-state index contributed by atoms with van der Waals surface area (Å²) >= 11 is 0.780. The smallest absolute Gasteiger partial charge is 0.294 e. The van der Waals surface area contributed by atoms with Crippen molar-refractivity contribution in [1.29, 1.82) is 5.26 Å². The van der Waals surface area contributed by atoms with Crippen molar-refractivity contribution in [3.05, 3.63) is 34.7 Å². The van der Waals surface area contributed by atoms with Gasteiger partial charge in [-0.2, -0.15) is 5.26 Å². The zero-order chi connectivity index (χ0) is 19.2. The number of amides is 3. The number of imide groups is 1. The Morgan fingerprint density at radius 3 is 2.78 bits per heavy atom. The fourth-order valence-corrected chi connectivity index (χ4v) is 3.50. The summed E-state index contributed by atoms with van der Waals surface area (Å²) in [5.74, 6) is -0.350. The number of hydrogen-bond donors (Lipinski definition) is 0. The lowest BCUT2D eigenvalue weighted by Crippen LogP contribution is -2.46. The van der Waals surface area contributed by atoms with Crippen molar-refractivity contribution in [2.75, 3.05) is 39.5 Å². The van der Waals surface area contributed by atoms with Crippen LogP contribution in [-0.2, 0) is 14.3 Å². The summed E-state index contributed by atoms with van der Waals surface area (Å²) in [6.45, 7) is 1.40. The Kier molecular flexibility index (Phi) is 6.11. The van der Waals surface area contributed by atoms with E-state index in [2.05, 4.69) is 0 Å². The summed E-state index contributed by atoms with van der Waals surface area (Å²) in [5.41, 5.74) is 0.581. The number of hydrogen-bond acceptors (Lipinski definition) is 7. The van der Waals surface area contributed by atoms with E-state index in [0.717, 1.165) is 16.7 Å². The van der Waals surface area contributed by atoms with E-state index < -0.39 is 11.1 Å². The molecule has 9 heteroatoms. The van der Waals surface area contributed by atoms with Gasteiger partial charge < -0.3 is 14.4 Å². The highest BCUT2D eigenvalue weighted by Gasteiger charge is 2.37. The van der Waals surface area contributed by atoms with Crippen molar-refractivity contribution < 1.29 is 23.9 Å². The quantitative estimate of drug-likeness (QED) is 0.706. The largest absolute Gasteiger partial charge is 0.478 e. The topological polar surface area (TPSA) is 99.9 Å². The van der Waals surface area contributed by atoms with Crippen LogP contribution in [0.5, 0.6) is 5.75 Å². The molecule has 3 amide bonds. The van der Waals surface area contributed by atoms with Crippen LogP contribution in [0.25, 0.3) is 6.08 Å². The number of para-hydroxylation sites is 1. The number of rotatable bonds is 5. The van der Waals surface area contributed by atoms with Gasteiger partial charge >= 0.3 is 0 Å². The van der Waals surface area contributed by atoms with E-state index in [-0.39, 0.29) is 24.0 Å². The third kappa shape index (κ3) is 4.48. The molecule has 2 heterocycles. The average Bonchev–Trinajstić information content (AvgIpc) is 2.95. The first kappa shape index (κ1) is 18.9. The van der Waals surface area contributed by atoms with Gasteiger partial charge in [0.15, 0.2) is 6.61 Å². The van der Waals surface area contributed by atoms with E-state index in [1.165, 1.54) is 6.08 Å². The van der Waals surface area contributed by atoms with Crippen molar-refractivity contribution >= 4 is 34.9 Å². The molecule has 2 saturated heterocycles. The molecule has 2 fully saturated rings. The van der Waals surface area contributed by atoms with E-state index in [4.69, 9.17) is 14.7 Å². The lowest BCUT2D eigenvalue weighted by Gasteiger charge is -2.28. The first-order valence-electron chi connectivity index (χ1n) is 8.30. The van der Waals surface area contributed by atoms with E-state index >= 15 is 0 Å². The Morgan fingerprint density at radius 2 is 2.04 bits per heavy atom. The Morgan fingerprint density at radius 1 is 1.30 bits per heavy atom. The fraction of sp³-hybridized carbons (Fsp3) is 0.333. The second-order valence-corrected chi connectivity index (χ2v) is 6.74. The maximum atomic E-state index is 12.6. The summed E-state index contributed by atoms with van der Waals surface area (Å²) in [6, 6.07) is 8.79. The van der Waals surface area contributed by atoms with Crippen LogP contribution in [0.15, 0.2) is 29.2 Å². The summed E-state index contributed by atoms with van der Waals surface area (Å²) < 4.78 is 10.5. The molecule has 1 aromatic rings. The van der Waals surface area contributed by atoms with E-state index in [9.17, 15) is 14.4 Å². The number of morpholine rings is 1. The monoisotopic (exact) mass is 387 g/mol. The Bertz CT molecular complexity index is 827. The average molecular weight is 387 g/mol. The van der Waals surface area contributed by atoms with Gasteiger partial charge in [0.2, 0.25) is 5.91 Å². The van der Waals surface area contributed by atoms with Gasteiger partial charge in [0.05, 0.1) is 18.1 Å². The van der Waals surface area contributed by atoms with Crippen LogP contribution in [0.2, 0.25) is 0 Å². The highest BCUT2D eigenvalue weighted by atomic mass is 32.2. The highest BCUT2D eigenvalue weighted by molar-refractivity contribution is 8.18. The molecule has 0 saturated carbocycles. The van der Waals surface area contributed by atoms with Crippen LogP contribution in [0.4, 0.5) is 4.79 Å². The molecule has 0 spiro atoms. The molecular weight excluding hydrogens is 370 g/mol. The van der Waals surface area contributed by atoms with E-state index in [0.29, 0.717) is 37.6 Å². The third-order valence-corrected chi connectivity index (χ3v) is 4.94. The first-order valence-corrected chi connectivity index (χ1v) is 9.11. The van der Waals surface area contributed by atoms with Gasteiger partial charge in [-0.05, 0) is 23.9 Å². The van der Waals surface area contributed by atoms with Crippen LogP contribution in [0, 0.1) is 11.3 Å². The lowest BCUT2D eigenvalue weighted by atomic mass is 10.2. The number of nitrogens with zero attached hydrogens (tertiary/aromatic N) is 3. The highest BCUT2D eigenvalue weighted by Crippen LogP contribution is 2.33. The maximum Gasteiger partial charge on any atom is 0.294 e. The number of ether oxygens (including phenoxy) is 2. The molecule has 0 aliphatic carbocycles. The predicted molar refractivity (Wildman–Crippen MR) is 97.6 cm³/mol. The first-order chi connectivity index (χ1) is 13.1. The molecular formula is C18H17N3O5S. The van der Waals surface area contributed by atoms with E-state index in [1.807, 2.05) is 6.07 Å². The van der Waals surface area contributed by atoms with Crippen LogP contribution < -0.4 is 4.74 Å². The van der Waals surface area contributed by atoms with Gasteiger partial charge in [-0.3, -0.25) is 19.3 Å². The normalized spacial score (nSPS) is 18.7. The molecule has 0 bridgehead atoms. The summed E-state index contributed by atoms with van der Waals surface area (Å²) in [5, 5.41) is 8.18. The summed E-state index contributed by atoms with van der Waals surface area (Å²) in [4.78, 5) is 39.9. The second kappa shape index (κ2) is 8.70. The molecule has 140 valence electrons. The minimum Gasteiger partial charge on any atom is -0.478 e. The molecule has 0 N–H and O–H groups in total. The molecule has 2 aliphatic rings. The van der Waals surface area contributed by atoms with Gasteiger partial charge in [0.1, 0.15) is 18.4 Å². The Labute approximate surface area is 160 Å². The third-order valence-electron chi connectivity index (χ3n) is 4.03.